The quantitative estimate of drug-likeness (QED) is 0.898. The normalized spacial score (nSPS) is 13.6. The predicted octanol–water partition coefficient (Wildman–Crippen LogP) is 2.78. The largest absolute Gasteiger partial charge is 0.416 e. The van der Waals surface area contributed by atoms with Gasteiger partial charge in [-0.05, 0) is 19.1 Å². The monoisotopic (exact) mass is 257 g/mol. The van der Waals surface area contributed by atoms with Crippen molar-refractivity contribution in [3.05, 3.63) is 35.7 Å². The summed E-state index contributed by atoms with van der Waals surface area (Å²) in [4.78, 5) is 3.93. The van der Waals surface area contributed by atoms with Gasteiger partial charge in [-0.15, -0.1) is 0 Å². The number of nitrogens with zero attached hydrogens (tertiary/aromatic N) is 2. The molecular formula is C11H10F3N3O. The Morgan fingerprint density at radius 3 is 2.61 bits per heavy atom. The van der Waals surface area contributed by atoms with Gasteiger partial charge in [0.05, 0.1) is 11.6 Å². The Balaban J connectivity index is 2.38. The molecule has 0 aliphatic heterocycles. The maximum atomic E-state index is 12.5. The van der Waals surface area contributed by atoms with E-state index in [9.17, 15) is 13.2 Å². The lowest BCUT2D eigenvalue weighted by atomic mass is 10.1. The Labute approximate surface area is 101 Å². The molecule has 0 unspecified atom stereocenters. The highest BCUT2D eigenvalue weighted by molar-refractivity contribution is 5.55. The molecule has 0 saturated carbocycles. The van der Waals surface area contributed by atoms with Crippen molar-refractivity contribution in [3.8, 4) is 11.4 Å². The zero-order valence-electron chi connectivity index (χ0n) is 9.40. The minimum Gasteiger partial charge on any atom is -0.337 e. The third kappa shape index (κ3) is 2.51. The fourth-order valence-corrected chi connectivity index (χ4v) is 1.37. The van der Waals surface area contributed by atoms with Gasteiger partial charge >= 0.3 is 6.18 Å². The van der Waals surface area contributed by atoms with Crippen LogP contribution in [-0.4, -0.2) is 10.1 Å². The van der Waals surface area contributed by atoms with Crippen molar-refractivity contribution in [2.75, 3.05) is 0 Å². The van der Waals surface area contributed by atoms with E-state index in [4.69, 9.17) is 10.3 Å². The minimum absolute atomic E-state index is 0.0911. The lowest BCUT2D eigenvalue weighted by Crippen LogP contribution is -2.05. The van der Waals surface area contributed by atoms with E-state index in [0.29, 0.717) is 0 Å². The van der Waals surface area contributed by atoms with Gasteiger partial charge in [-0.1, -0.05) is 17.3 Å². The first kappa shape index (κ1) is 12.6. The molecule has 0 spiro atoms. The van der Waals surface area contributed by atoms with Crippen LogP contribution in [0.1, 0.15) is 24.4 Å². The van der Waals surface area contributed by atoms with Crippen LogP contribution in [0, 0.1) is 0 Å². The summed E-state index contributed by atoms with van der Waals surface area (Å²) >= 11 is 0. The second-order valence-electron chi connectivity index (χ2n) is 3.82. The lowest BCUT2D eigenvalue weighted by Gasteiger charge is -2.06. The summed E-state index contributed by atoms with van der Waals surface area (Å²) in [6, 6.07) is 4.26. The molecule has 0 radical (unpaired) electrons. The van der Waals surface area contributed by atoms with E-state index in [2.05, 4.69) is 10.1 Å². The number of alkyl halides is 3. The van der Waals surface area contributed by atoms with Crippen LogP contribution in [0.2, 0.25) is 0 Å². The molecule has 7 heteroatoms. The zero-order valence-corrected chi connectivity index (χ0v) is 9.40. The molecule has 0 saturated heterocycles. The summed E-state index contributed by atoms with van der Waals surface area (Å²) in [5.41, 5.74) is 5.01. The number of benzene rings is 1. The smallest absolute Gasteiger partial charge is 0.337 e. The number of hydrogen-bond acceptors (Lipinski definition) is 4. The number of rotatable bonds is 2. The molecule has 0 bridgehead atoms. The molecule has 0 fully saturated rings. The van der Waals surface area contributed by atoms with Crippen molar-refractivity contribution < 1.29 is 17.7 Å². The Hall–Kier alpha value is -1.89. The van der Waals surface area contributed by atoms with Gasteiger partial charge in [0.1, 0.15) is 0 Å². The summed E-state index contributed by atoms with van der Waals surface area (Å²) < 4.78 is 42.4. The number of nitrogens with two attached hydrogens (primary N) is 1. The SMILES string of the molecule is C[C@H](N)c1nc(-c2cccc(C(F)(F)F)c2)no1. The molecule has 1 atom stereocenters. The van der Waals surface area contributed by atoms with Crippen LogP contribution >= 0.6 is 0 Å². The maximum Gasteiger partial charge on any atom is 0.416 e. The molecule has 2 rings (SSSR count). The van der Waals surface area contributed by atoms with Crippen molar-refractivity contribution in [2.24, 2.45) is 5.73 Å². The first-order valence-corrected chi connectivity index (χ1v) is 5.15. The third-order valence-corrected chi connectivity index (χ3v) is 2.28. The predicted molar refractivity (Wildman–Crippen MR) is 57.3 cm³/mol. The van der Waals surface area contributed by atoms with Gasteiger partial charge in [0.15, 0.2) is 0 Å². The van der Waals surface area contributed by atoms with E-state index in [0.717, 1.165) is 12.1 Å². The fraction of sp³-hybridized carbons (Fsp3) is 0.273. The third-order valence-electron chi connectivity index (χ3n) is 2.28. The van der Waals surface area contributed by atoms with Crippen LogP contribution < -0.4 is 5.73 Å². The fourth-order valence-electron chi connectivity index (χ4n) is 1.37. The van der Waals surface area contributed by atoms with E-state index in [1.807, 2.05) is 0 Å². The van der Waals surface area contributed by atoms with Crippen molar-refractivity contribution in [2.45, 2.75) is 19.1 Å². The zero-order chi connectivity index (χ0) is 13.3. The van der Waals surface area contributed by atoms with Crippen LogP contribution in [0.3, 0.4) is 0 Å². The van der Waals surface area contributed by atoms with Crippen molar-refractivity contribution in [1.29, 1.82) is 0 Å². The summed E-state index contributed by atoms with van der Waals surface area (Å²) in [5.74, 6) is 0.274. The van der Waals surface area contributed by atoms with Crippen LogP contribution in [-0.2, 0) is 6.18 Å². The van der Waals surface area contributed by atoms with E-state index in [1.54, 1.807) is 6.92 Å². The highest BCUT2D eigenvalue weighted by Gasteiger charge is 2.30. The van der Waals surface area contributed by atoms with E-state index in [1.165, 1.54) is 12.1 Å². The number of halogens is 3. The van der Waals surface area contributed by atoms with Crippen LogP contribution in [0.5, 0.6) is 0 Å². The van der Waals surface area contributed by atoms with Gasteiger partial charge < -0.3 is 10.3 Å². The van der Waals surface area contributed by atoms with Crippen molar-refractivity contribution >= 4 is 0 Å². The summed E-state index contributed by atoms with van der Waals surface area (Å²) in [6.07, 6.45) is -4.40. The summed E-state index contributed by atoms with van der Waals surface area (Å²) in [5, 5.41) is 3.60. The molecule has 96 valence electrons. The molecule has 2 N–H and O–H groups in total. The molecule has 4 nitrogen and oxygen atoms in total. The highest BCUT2D eigenvalue weighted by Crippen LogP contribution is 2.31. The molecule has 0 amide bonds. The molecule has 1 aromatic heterocycles. The first-order chi connectivity index (χ1) is 8.38. The topological polar surface area (TPSA) is 64.9 Å². The van der Waals surface area contributed by atoms with Crippen LogP contribution in [0.15, 0.2) is 28.8 Å². The second-order valence-corrected chi connectivity index (χ2v) is 3.82. The van der Waals surface area contributed by atoms with Crippen molar-refractivity contribution in [1.82, 2.24) is 10.1 Å². The van der Waals surface area contributed by atoms with Crippen LogP contribution in [0.25, 0.3) is 11.4 Å². The van der Waals surface area contributed by atoms with Gasteiger partial charge in [0, 0.05) is 5.56 Å². The molecule has 18 heavy (non-hydrogen) atoms. The van der Waals surface area contributed by atoms with Crippen LogP contribution in [0.4, 0.5) is 13.2 Å². The Kier molecular flexibility index (Phi) is 3.08. The molecular weight excluding hydrogens is 247 g/mol. The molecule has 1 aromatic carbocycles. The molecule has 2 aromatic rings. The van der Waals surface area contributed by atoms with E-state index >= 15 is 0 Å². The van der Waals surface area contributed by atoms with Crippen molar-refractivity contribution in [3.63, 3.8) is 0 Å². The lowest BCUT2D eigenvalue weighted by molar-refractivity contribution is -0.137. The van der Waals surface area contributed by atoms with E-state index < -0.39 is 17.8 Å². The average molecular weight is 257 g/mol. The van der Waals surface area contributed by atoms with Gasteiger partial charge in [-0.2, -0.15) is 18.2 Å². The summed E-state index contributed by atoms with van der Waals surface area (Å²) in [6.45, 7) is 1.64. The standard InChI is InChI=1S/C11H10F3N3O/c1-6(15)10-16-9(17-18-10)7-3-2-4-8(5-7)11(12,13)14/h2-6H,15H2,1H3/t6-/m0/s1. The second kappa shape index (κ2) is 4.41. The van der Waals surface area contributed by atoms with Gasteiger partial charge in [0.25, 0.3) is 0 Å². The Morgan fingerprint density at radius 2 is 2.06 bits per heavy atom. The highest BCUT2D eigenvalue weighted by atomic mass is 19.4. The first-order valence-electron chi connectivity index (χ1n) is 5.15. The van der Waals surface area contributed by atoms with Gasteiger partial charge in [0.2, 0.25) is 11.7 Å². The Bertz CT molecular complexity index is 548. The average Bonchev–Trinajstić information content (AvgIpc) is 2.77. The van der Waals surface area contributed by atoms with E-state index in [-0.39, 0.29) is 17.3 Å². The number of aromatic nitrogens is 2. The molecule has 0 aliphatic carbocycles. The Morgan fingerprint density at radius 1 is 1.33 bits per heavy atom. The van der Waals surface area contributed by atoms with Gasteiger partial charge in [-0.25, -0.2) is 0 Å². The molecule has 1 heterocycles. The van der Waals surface area contributed by atoms with Gasteiger partial charge in [-0.3, -0.25) is 0 Å². The number of hydrogen-bond donors (Lipinski definition) is 1. The maximum absolute atomic E-state index is 12.5. The molecule has 0 aliphatic rings. The minimum atomic E-state index is -4.40. The summed E-state index contributed by atoms with van der Waals surface area (Å²) in [7, 11) is 0.